The third-order valence-electron chi connectivity index (χ3n) is 8.62. The van der Waals surface area contributed by atoms with Gasteiger partial charge in [-0.2, -0.15) is 0 Å². The molecule has 0 atom stereocenters. The largest absolute Gasteiger partial charge is 2.00 e. The average molecular weight is 823 g/mol. The van der Waals surface area contributed by atoms with E-state index in [9.17, 15) is 0 Å². The molecule has 244 valence electrons. The molecule has 7 aromatic rings. The van der Waals surface area contributed by atoms with Crippen molar-refractivity contribution >= 4 is 28.2 Å². The summed E-state index contributed by atoms with van der Waals surface area (Å²) in [5, 5.41) is 0.893. The minimum atomic E-state index is -0.185. The van der Waals surface area contributed by atoms with Gasteiger partial charge in [-0.3, -0.25) is 4.90 Å². The molecule has 0 saturated carbocycles. The second-order valence-corrected chi connectivity index (χ2v) is 13.1. The summed E-state index contributed by atoms with van der Waals surface area (Å²) in [5.41, 5.74) is 8.84. The number of para-hydroxylation sites is 2. The van der Waals surface area contributed by atoms with Gasteiger partial charge < -0.3 is 23.9 Å². The SMILES string of the molecule is Cc1cccc(C)c1N1c2ccnc(-c3[c-]c(Oc4[c-]c(-c5ccccn5)ccc4)cc(C(C)(C)C)c3)c2Oc2c1oc1ccccc21.[Pt+2]. The molecule has 49 heavy (non-hydrogen) atoms. The summed E-state index contributed by atoms with van der Waals surface area (Å²) in [6.07, 6.45) is 3.59. The molecule has 8 rings (SSSR count). The van der Waals surface area contributed by atoms with Gasteiger partial charge in [-0.15, -0.1) is 41.0 Å². The number of aromatic nitrogens is 2. The van der Waals surface area contributed by atoms with Gasteiger partial charge in [0.15, 0.2) is 5.75 Å². The zero-order valence-corrected chi connectivity index (χ0v) is 30.0. The van der Waals surface area contributed by atoms with Gasteiger partial charge in [0.05, 0.1) is 16.8 Å². The Morgan fingerprint density at radius 1 is 0.714 bits per heavy atom. The summed E-state index contributed by atoms with van der Waals surface area (Å²) in [6, 6.07) is 38.9. The number of furan rings is 1. The average Bonchev–Trinajstić information content (AvgIpc) is 3.46. The summed E-state index contributed by atoms with van der Waals surface area (Å²) in [4.78, 5) is 11.6. The van der Waals surface area contributed by atoms with Crippen molar-refractivity contribution in [2.24, 2.45) is 0 Å². The van der Waals surface area contributed by atoms with Gasteiger partial charge in [-0.1, -0.05) is 81.4 Å². The van der Waals surface area contributed by atoms with Crippen LogP contribution in [0.4, 0.5) is 17.3 Å². The van der Waals surface area contributed by atoms with E-state index in [1.54, 1.807) is 6.20 Å². The first kappa shape index (κ1) is 32.4. The zero-order valence-electron chi connectivity index (χ0n) is 27.8. The standard InChI is InChI=1S/C42H33N3O3.Pt/c1-26-12-10-13-27(2)38(26)45-35-19-21-44-37(40(35)48-39-33-16-6-7-18-36(33)47-41(39)45)29-22-30(42(3,4)5)25-32(24-29)46-31-15-11-14-28(23-31)34-17-8-9-20-43-34;/h6-22,25H,1-5H3;/q-2;+2. The normalized spacial score (nSPS) is 12.1. The summed E-state index contributed by atoms with van der Waals surface area (Å²) in [6.45, 7) is 10.8. The molecule has 4 heterocycles. The summed E-state index contributed by atoms with van der Waals surface area (Å²) in [5.74, 6) is 3.04. The smallest absolute Gasteiger partial charge is 0.497 e. The van der Waals surface area contributed by atoms with Gasteiger partial charge in [0.1, 0.15) is 11.3 Å². The minimum Gasteiger partial charge on any atom is -0.497 e. The first-order chi connectivity index (χ1) is 23.2. The van der Waals surface area contributed by atoms with Gasteiger partial charge in [-0.25, -0.2) is 0 Å². The summed E-state index contributed by atoms with van der Waals surface area (Å²) in [7, 11) is 0. The number of aryl methyl sites for hydroxylation is 2. The van der Waals surface area contributed by atoms with Crippen LogP contribution in [0.5, 0.6) is 23.0 Å². The van der Waals surface area contributed by atoms with Crippen LogP contribution in [0.2, 0.25) is 0 Å². The predicted octanol–water partition coefficient (Wildman–Crippen LogP) is 11.4. The second-order valence-electron chi connectivity index (χ2n) is 13.1. The monoisotopic (exact) mass is 822 g/mol. The first-order valence-electron chi connectivity index (χ1n) is 16.0. The predicted molar refractivity (Wildman–Crippen MR) is 190 cm³/mol. The molecular weight excluding hydrogens is 790 g/mol. The number of hydrogen-bond donors (Lipinski definition) is 0. The molecule has 1 aliphatic rings. The van der Waals surface area contributed by atoms with Gasteiger partial charge in [0.2, 0.25) is 5.88 Å². The number of ether oxygens (including phenoxy) is 2. The van der Waals surface area contributed by atoms with Crippen molar-refractivity contribution in [1.82, 2.24) is 9.97 Å². The molecule has 6 nitrogen and oxygen atoms in total. The van der Waals surface area contributed by atoms with Crippen LogP contribution >= 0.6 is 0 Å². The molecule has 0 N–H and O–H groups in total. The van der Waals surface area contributed by atoms with Crippen molar-refractivity contribution in [1.29, 1.82) is 0 Å². The summed E-state index contributed by atoms with van der Waals surface area (Å²) >= 11 is 0. The van der Waals surface area contributed by atoms with Crippen molar-refractivity contribution in [3.63, 3.8) is 0 Å². The van der Waals surface area contributed by atoms with E-state index in [-0.39, 0.29) is 26.5 Å². The van der Waals surface area contributed by atoms with E-state index in [0.29, 0.717) is 34.6 Å². The van der Waals surface area contributed by atoms with Gasteiger partial charge in [-0.05, 0) is 60.3 Å². The molecule has 0 fully saturated rings. The second kappa shape index (κ2) is 12.7. The fraction of sp³-hybridized carbons (Fsp3) is 0.143. The molecule has 4 aromatic carbocycles. The quantitative estimate of drug-likeness (QED) is 0.161. The molecule has 0 spiro atoms. The van der Waals surface area contributed by atoms with Crippen molar-refractivity contribution in [2.45, 2.75) is 40.0 Å². The first-order valence-corrected chi connectivity index (χ1v) is 16.0. The third kappa shape index (κ3) is 5.91. The van der Waals surface area contributed by atoms with Crippen molar-refractivity contribution < 1.29 is 35.0 Å². The molecule has 0 amide bonds. The molecule has 1 aliphatic heterocycles. The molecule has 0 radical (unpaired) electrons. The maximum absolute atomic E-state index is 6.82. The fourth-order valence-corrected chi connectivity index (χ4v) is 6.21. The van der Waals surface area contributed by atoms with E-state index in [4.69, 9.17) is 18.9 Å². The zero-order chi connectivity index (χ0) is 33.0. The Bertz CT molecular complexity index is 2310. The van der Waals surface area contributed by atoms with Crippen molar-refractivity contribution in [3.8, 4) is 45.5 Å². The maximum atomic E-state index is 6.82. The van der Waals surface area contributed by atoms with E-state index in [1.807, 2.05) is 79.0 Å². The minimum absolute atomic E-state index is 0. The number of fused-ring (bicyclic) bond motifs is 4. The molecule has 0 unspecified atom stereocenters. The van der Waals surface area contributed by atoms with Crippen LogP contribution in [0.3, 0.4) is 0 Å². The summed E-state index contributed by atoms with van der Waals surface area (Å²) < 4.78 is 19.8. The number of benzene rings is 4. The Morgan fingerprint density at radius 3 is 2.24 bits per heavy atom. The number of hydrogen-bond acceptors (Lipinski definition) is 6. The maximum Gasteiger partial charge on any atom is 2.00 e. The van der Waals surface area contributed by atoms with Gasteiger partial charge in [0, 0.05) is 29.6 Å². The van der Waals surface area contributed by atoms with Gasteiger partial charge >= 0.3 is 21.1 Å². The van der Waals surface area contributed by atoms with Crippen LogP contribution in [0.25, 0.3) is 33.5 Å². The third-order valence-corrected chi connectivity index (χ3v) is 8.62. The number of pyridine rings is 2. The van der Waals surface area contributed by atoms with E-state index in [2.05, 4.69) is 80.9 Å². The Kier molecular flexibility index (Phi) is 8.38. The molecule has 7 heteroatoms. The van der Waals surface area contributed by atoms with Gasteiger partial charge in [0.25, 0.3) is 0 Å². The molecule has 0 saturated heterocycles. The molecule has 3 aromatic heterocycles. The van der Waals surface area contributed by atoms with Crippen molar-refractivity contribution in [2.75, 3.05) is 4.90 Å². The van der Waals surface area contributed by atoms with Crippen LogP contribution in [-0.4, -0.2) is 9.97 Å². The topological polar surface area (TPSA) is 60.6 Å². The van der Waals surface area contributed by atoms with Crippen molar-refractivity contribution in [3.05, 3.63) is 138 Å². The van der Waals surface area contributed by atoms with Crippen LogP contribution < -0.4 is 14.4 Å². The van der Waals surface area contributed by atoms with E-state index in [1.165, 1.54) is 0 Å². The molecule has 0 aliphatic carbocycles. The molecular formula is C42H33N3O3Pt. The van der Waals surface area contributed by atoms with E-state index >= 15 is 0 Å². The Morgan fingerprint density at radius 2 is 1.47 bits per heavy atom. The number of nitrogens with zero attached hydrogens (tertiary/aromatic N) is 3. The van der Waals surface area contributed by atoms with Crippen LogP contribution in [0, 0.1) is 26.0 Å². The Hall–Kier alpha value is -5.19. The van der Waals surface area contributed by atoms with E-state index < -0.39 is 0 Å². The molecule has 0 bridgehead atoms. The van der Waals surface area contributed by atoms with Crippen LogP contribution in [0.1, 0.15) is 37.5 Å². The number of anilines is 3. The fourth-order valence-electron chi connectivity index (χ4n) is 6.21. The van der Waals surface area contributed by atoms with E-state index in [0.717, 1.165) is 55.9 Å². The Labute approximate surface area is 300 Å². The van der Waals surface area contributed by atoms with Crippen LogP contribution in [-0.2, 0) is 26.5 Å². The Balaban J connectivity index is 0.00000378. The number of rotatable bonds is 5. The van der Waals surface area contributed by atoms with Crippen LogP contribution in [0.15, 0.2) is 114 Å².